The van der Waals surface area contributed by atoms with Crippen LogP contribution < -0.4 is 4.74 Å². The van der Waals surface area contributed by atoms with Crippen molar-refractivity contribution in [1.82, 2.24) is 9.47 Å². The van der Waals surface area contributed by atoms with E-state index in [1.807, 2.05) is 0 Å². The molecule has 1 aromatic carbocycles. The molecule has 19 heavy (non-hydrogen) atoms. The largest absolute Gasteiger partial charge is 0.496 e. The van der Waals surface area contributed by atoms with Crippen LogP contribution in [0.2, 0.25) is 0 Å². The van der Waals surface area contributed by atoms with E-state index < -0.39 is 0 Å². The van der Waals surface area contributed by atoms with Crippen LogP contribution in [0.4, 0.5) is 0 Å². The van der Waals surface area contributed by atoms with E-state index in [1.165, 1.54) is 16.5 Å². The van der Waals surface area contributed by atoms with E-state index >= 15 is 0 Å². The monoisotopic (exact) mass is 260 g/mol. The van der Waals surface area contributed by atoms with Crippen LogP contribution in [0.5, 0.6) is 5.75 Å². The molecule has 0 saturated heterocycles. The second kappa shape index (κ2) is 4.89. The van der Waals surface area contributed by atoms with E-state index in [0.29, 0.717) is 0 Å². The molecule has 0 amide bonds. The standard InChI is InChI=1S/C16H24N2O/c1-12-7-8-14-13(15(12)19-6)9-10-18(14)11-16(2,3)17(4)5/h7-10H,11H2,1-6H3. The van der Waals surface area contributed by atoms with Gasteiger partial charge in [-0.1, -0.05) is 6.07 Å². The summed E-state index contributed by atoms with van der Waals surface area (Å²) in [4.78, 5) is 2.25. The lowest BCUT2D eigenvalue weighted by Crippen LogP contribution is -2.41. The predicted octanol–water partition coefficient (Wildman–Crippen LogP) is 3.30. The van der Waals surface area contributed by atoms with E-state index in [0.717, 1.165) is 12.3 Å². The Bertz CT molecular complexity index is 582. The molecule has 104 valence electrons. The van der Waals surface area contributed by atoms with Crippen LogP contribution in [0.15, 0.2) is 24.4 Å². The molecule has 0 fully saturated rings. The van der Waals surface area contributed by atoms with Crippen molar-refractivity contribution in [3.05, 3.63) is 30.0 Å². The minimum Gasteiger partial charge on any atom is -0.496 e. The first-order valence-corrected chi connectivity index (χ1v) is 6.66. The highest BCUT2D eigenvalue weighted by molar-refractivity contribution is 5.87. The molecule has 0 aliphatic rings. The average molecular weight is 260 g/mol. The molecule has 0 saturated carbocycles. The number of rotatable bonds is 4. The van der Waals surface area contributed by atoms with Gasteiger partial charge in [-0.3, -0.25) is 0 Å². The lowest BCUT2D eigenvalue weighted by molar-refractivity contribution is 0.171. The van der Waals surface area contributed by atoms with E-state index in [2.05, 4.69) is 68.7 Å². The first kappa shape index (κ1) is 13.9. The van der Waals surface area contributed by atoms with E-state index in [9.17, 15) is 0 Å². The molecule has 3 heteroatoms. The van der Waals surface area contributed by atoms with Gasteiger partial charge < -0.3 is 14.2 Å². The van der Waals surface area contributed by atoms with Crippen molar-refractivity contribution in [1.29, 1.82) is 0 Å². The summed E-state index contributed by atoms with van der Waals surface area (Å²) in [7, 11) is 5.98. The number of fused-ring (bicyclic) bond motifs is 1. The van der Waals surface area contributed by atoms with Crippen molar-refractivity contribution >= 4 is 10.9 Å². The Labute approximate surface area is 115 Å². The van der Waals surface area contributed by atoms with Gasteiger partial charge in [0.2, 0.25) is 0 Å². The summed E-state index contributed by atoms with van der Waals surface area (Å²) in [6.07, 6.45) is 2.15. The number of hydrogen-bond acceptors (Lipinski definition) is 2. The third kappa shape index (κ3) is 2.47. The Morgan fingerprint density at radius 1 is 1.21 bits per heavy atom. The van der Waals surface area contributed by atoms with E-state index in [-0.39, 0.29) is 5.54 Å². The van der Waals surface area contributed by atoms with Gasteiger partial charge in [0, 0.05) is 23.7 Å². The SMILES string of the molecule is COc1c(C)ccc2c1ccn2CC(C)(C)N(C)C. The molecule has 0 unspecified atom stereocenters. The predicted molar refractivity (Wildman–Crippen MR) is 81.0 cm³/mol. The smallest absolute Gasteiger partial charge is 0.131 e. The lowest BCUT2D eigenvalue weighted by Gasteiger charge is -2.33. The fraction of sp³-hybridized carbons (Fsp3) is 0.500. The minimum atomic E-state index is 0.115. The zero-order valence-corrected chi connectivity index (χ0v) is 12.8. The highest BCUT2D eigenvalue weighted by Crippen LogP contribution is 2.31. The lowest BCUT2D eigenvalue weighted by atomic mass is 10.0. The maximum atomic E-state index is 5.53. The second-order valence-corrected chi connectivity index (χ2v) is 6.00. The van der Waals surface area contributed by atoms with Gasteiger partial charge in [-0.25, -0.2) is 0 Å². The van der Waals surface area contributed by atoms with Crippen molar-refractivity contribution in [3.63, 3.8) is 0 Å². The molecule has 1 aromatic heterocycles. The van der Waals surface area contributed by atoms with Crippen molar-refractivity contribution in [2.24, 2.45) is 0 Å². The van der Waals surface area contributed by atoms with Crippen molar-refractivity contribution in [3.8, 4) is 5.75 Å². The molecule has 0 aliphatic heterocycles. The summed E-state index contributed by atoms with van der Waals surface area (Å²) >= 11 is 0. The summed E-state index contributed by atoms with van der Waals surface area (Å²) in [5.41, 5.74) is 2.53. The van der Waals surface area contributed by atoms with Gasteiger partial charge in [0.15, 0.2) is 0 Å². The average Bonchev–Trinajstić information content (AvgIpc) is 2.71. The number of hydrogen-bond donors (Lipinski definition) is 0. The minimum absolute atomic E-state index is 0.115. The summed E-state index contributed by atoms with van der Waals surface area (Å²) in [6.45, 7) is 7.55. The molecule has 0 atom stereocenters. The van der Waals surface area contributed by atoms with E-state index in [4.69, 9.17) is 4.74 Å². The molecule has 2 aromatic rings. The Kier molecular flexibility index (Phi) is 3.59. The van der Waals surface area contributed by atoms with Crippen LogP contribution in [0.25, 0.3) is 10.9 Å². The van der Waals surface area contributed by atoms with Crippen molar-refractivity contribution < 1.29 is 4.74 Å². The maximum absolute atomic E-state index is 5.53. The summed E-state index contributed by atoms with van der Waals surface area (Å²) in [6, 6.07) is 6.45. The normalized spacial score (nSPS) is 12.4. The molecule has 3 nitrogen and oxygen atoms in total. The fourth-order valence-electron chi connectivity index (χ4n) is 2.32. The number of aryl methyl sites for hydroxylation is 1. The Morgan fingerprint density at radius 3 is 2.47 bits per heavy atom. The summed E-state index contributed by atoms with van der Waals surface area (Å²) in [5, 5.41) is 1.19. The third-order valence-electron chi connectivity index (χ3n) is 4.07. The quantitative estimate of drug-likeness (QED) is 0.839. The van der Waals surface area contributed by atoms with Gasteiger partial charge in [0.25, 0.3) is 0 Å². The first-order chi connectivity index (χ1) is 8.86. The zero-order chi connectivity index (χ0) is 14.2. The number of aromatic nitrogens is 1. The van der Waals surface area contributed by atoms with Crippen LogP contribution in [-0.2, 0) is 6.54 Å². The fourth-order valence-corrected chi connectivity index (χ4v) is 2.32. The Hall–Kier alpha value is -1.48. The van der Waals surface area contributed by atoms with Crippen molar-refractivity contribution in [2.75, 3.05) is 21.2 Å². The van der Waals surface area contributed by atoms with Crippen LogP contribution in [-0.4, -0.2) is 36.2 Å². The molecule has 0 aliphatic carbocycles. The second-order valence-electron chi connectivity index (χ2n) is 6.00. The highest BCUT2D eigenvalue weighted by Gasteiger charge is 2.22. The van der Waals surface area contributed by atoms with Crippen LogP contribution in [0.3, 0.4) is 0 Å². The molecule has 0 N–H and O–H groups in total. The van der Waals surface area contributed by atoms with Crippen LogP contribution in [0.1, 0.15) is 19.4 Å². The maximum Gasteiger partial charge on any atom is 0.131 e. The van der Waals surface area contributed by atoms with Crippen LogP contribution >= 0.6 is 0 Å². The first-order valence-electron chi connectivity index (χ1n) is 6.66. The summed E-state index contributed by atoms with van der Waals surface area (Å²) < 4.78 is 7.83. The van der Waals surface area contributed by atoms with Crippen molar-refractivity contribution in [2.45, 2.75) is 32.9 Å². The van der Waals surface area contributed by atoms with Gasteiger partial charge >= 0.3 is 0 Å². The highest BCUT2D eigenvalue weighted by atomic mass is 16.5. The van der Waals surface area contributed by atoms with E-state index in [1.54, 1.807) is 7.11 Å². The van der Waals surface area contributed by atoms with Gasteiger partial charge in [-0.15, -0.1) is 0 Å². The number of nitrogens with zero attached hydrogens (tertiary/aromatic N) is 2. The van der Waals surface area contributed by atoms with Gasteiger partial charge in [0.05, 0.1) is 12.6 Å². The van der Waals surface area contributed by atoms with Gasteiger partial charge in [-0.05, 0) is 52.6 Å². The molecular weight excluding hydrogens is 236 g/mol. The molecule has 0 radical (unpaired) electrons. The number of likely N-dealkylation sites (N-methyl/N-ethyl adjacent to an activating group) is 1. The Balaban J connectivity index is 2.47. The van der Waals surface area contributed by atoms with Gasteiger partial charge in [0.1, 0.15) is 5.75 Å². The van der Waals surface area contributed by atoms with Gasteiger partial charge in [-0.2, -0.15) is 0 Å². The third-order valence-corrected chi connectivity index (χ3v) is 4.07. The molecule has 0 bridgehead atoms. The molecular formula is C16H24N2O. The number of benzene rings is 1. The molecule has 1 heterocycles. The Morgan fingerprint density at radius 2 is 1.89 bits per heavy atom. The van der Waals surface area contributed by atoms with Crippen LogP contribution in [0, 0.1) is 6.92 Å². The topological polar surface area (TPSA) is 17.4 Å². The number of methoxy groups -OCH3 is 1. The zero-order valence-electron chi connectivity index (χ0n) is 12.8. The summed E-state index contributed by atoms with van der Waals surface area (Å²) in [5.74, 6) is 0.985. The molecule has 0 spiro atoms. The molecule has 2 rings (SSSR count). The number of ether oxygens (including phenoxy) is 1.